The van der Waals surface area contributed by atoms with E-state index in [9.17, 15) is 10.0 Å². The third-order valence-corrected chi connectivity index (χ3v) is 3.39. The lowest BCUT2D eigenvalue weighted by Crippen LogP contribution is -2.32. The summed E-state index contributed by atoms with van der Waals surface area (Å²) in [4.78, 5) is 4.06. The van der Waals surface area contributed by atoms with Gasteiger partial charge in [0.25, 0.3) is 0 Å². The zero-order chi connectivity index (χ0) is 13.9. The maximum absolute atomic E-state index is 9.20. The molecule has 0 aromatic carbocycles. The molecule has 100 valence electrons. The fourth-order valence-corrected chi connectivity index (χ4v) is 2.93. The Kier molecular flexibility index (Phi) is 5.10. The number of nitrogens with zero attached hydrogens (tertiary/aromatic N) is 1. The third kappa shape index (κ3) is 4.20. The molecule has 0 fully saturated rings. The van der Waals surface area contributed by atoms with Crippen molar-refractivity contribution in [2.45, 2.75) is 40.0 Å². The topological polar surface area (TPSA) is 62.6 Å². The monoisotopic (exact) mass is 267 g/mol. The van der Waals surface area contributed by atoms with E-state index < -0.39 is 16.2 Å². The third-order valence-electron chi connectivity index (χ3n) is 2.58. The van der Waals surface area contributed by atoms with Gasteiger partial charge in [-0.15, -0.1) is 0 Å². The van der Waals surface area contributed by atoms with E-state index in [1.807, 2.05) is 0 Å². The normalized spacial score (nSPS) is 13.8. The standard InChI is InChI=1S/C12H22BNO3Si/c1-12(2,3)11(17-18(4)5)9-6-10(13(15)16)8-14-7-9/h6-8,11,15-16,18H,1-5H3. The first kappa shape index (κ1) is 15.4. The molecule has 0 amide bonds. The van der Waals surface area contributed by atoms with E-state index in [0.29, 0.717) is 5.46 Å². The Balaban J connectivity index is 3.09. The summed E-state index contributed by atoms with van der Waals surface area (Å²) in [6.07, 6.45) is 3.12. The Labute approximate surface area is 111 Å². The Hall–Kier alpha value is -0.688. The summed E-state index contributed by atoms with van der Waals surface area (Å²) in [6.45, 7) is 10.6. The molecule has 2 N–H and O–H groups in total. The van der Waals surface area contributed by atoms with Gasteiger partial charge in [-0.3, -0.25) is 4.98 Å². The van der Waals surface area contributed by atoms with Crippen molar-refractivity contribution >= 4 is 21.6 Å². The molecule has 1 rings (SSSR count). The highest BCUT2D eigenvalue weighted by atomic mass is 28.3. The number of hydrogen-bond donors (Lipinski definition) is 2. The van der Waals surface area contributed by atoms with Crippen molar-refractivity contribution in [1.29, 1.82) is 0 Å². The van der Waals surface area contributed by atoms with Gasteiger partial charge in [-0.2, -0.15) is 0 Å². The average molecular weight is 267 g/mol. The first-order valence-corrected chi connectivity index (χ1v) is 8.96. The van der Waals surface area contributed by atoms with Gasteiger partial charge in [0.2, 0.25) is 0 Å². The van der Waals surface area contributed by atoms with Gasteiger partial charge in [-0.25, -0.2) is 0 Å². The Morgan fingerprint density at radius 2 is 1.89 bits per heavy atom. The molecule has 0 saturated carbocycles. The number of rotatable bonds is 4. The number of pyridine rings is 1. The van der Waals surface area contributed by atoms with Gasteiger partial charge >= 0.3 is 7.12 Å². The summed E-state index contributed by atoms with van der Waals surface area (Å²) in [6, 6.07) is 1.75. The Morgan fingerprint density at radius 3 is 2.33 bits per heavy atom. The Bertz CT molecular complexity index is 393. The zero-order valence-electron chi connectivity index (χ0n) is 11.7. The molecule has 1 aromatic rings. The van der Waals surface area contributed by atoms with Gasteiger partial charge in [0.05, 0.1) is 6.10 Å². The van der Waals surface area contributed by atoms with Gasteiger partial charge in [0.1, 0.15) is 0 Å². The fourth-order valence-electron chi connectivity index (χ4n) is 1.82. The van der Waals surface area contributed by atoms with Crippen LogP contribution in [0.3, 0.4) is 0 Å². The highest BCUT2D eigenvalue weighted by Crippen LogP contribution is 2.35. The maximum atomic E-state index is 9.20. The Morgan fingerprint density at radius 1 is 1.28 bits per heavy atom. The second kappa shape index (κ2) is 5.97. The molecule has 0 aliphatic carbocycles. The van der Waals surface area contributed by atoms with Crippen LogP contribution in [-0.2, 0) is 4.43 Å². The first-order valence-electron chi connectivity index (χ1n) is 6.18. The second-order valence-electron chi connectivity index (χ2n) is 5.86. The highest BCUT2D eigenvalue weighted by molar-refractivity contribution is 6.58. The molecule has 1 unspecified atom stereocenters. The smallest absolute Gasteiger partial charge is 0.423 e. The minimum atomic E-state index is -1.49. The van der Waals surface area contributed by atoms with Gasteiger partial charge in [0, 0.05) is 17.9 Å². The van der Waals surface area contributed by atoms with E-state index in [4.69, 9.17) is 4.43 Å². The predicted octanol–water partition coefficient (Wildman–Crippen LogP) is 0.849. The molecule has 0 spiro atoms. The summed E-state index contributed by atoms with van der Waals surface area (Å²) in [5, 5.41) is 18.4. The second-order valence-corrected chi connectivity index (χ2v) is 8.23. The SMILES string of the molecule is C[SiH](C)OC(c1cncc(B(O)O)c1)C(C)(C)C. The minimum absolute atomic E-state index is 0.0576. The molecule has 0 saturated heterocycles. The molecule has 0 aliphatic heterocycles. The van der Waals surface area contributed by atoms with Crippen molar-refractivity contribution in [3.63, 3.8) is 0 Å². The summed E-state index contributed by atoms with van der Waals surface area (Å²) < 4.78 is 6.07. The zero-order valence-corrected chi connectivity index (χ0v) is 12.9. The molecule has 0 bridgehead atoms. The molecule has 0 radical (unpaired) electrons. The average Bonchev–Trinajstić information content (AvgIpc) is 2.24. The van der Waals surface area contributed by atoms with E-state index in [2.05, 4.69) is 38.8 Å². The van der Waals surface area contributed by atoms with E-state index in [0.717, 1.165) is 5.56 Å². The number of hydrogen-bond acceptors (Lipinski definition) is 4. The summed E-state index contributed by atoms with van der Waals surface area (Å²) in [5.74, 6) is 0. The van der Waals surface area contributed by atoms with Crippen molar-refractivity contribution < 1.29 is 14.5 Å². The van der Waals surface area contributed by atoms with Crippen LogP contribution in [0.2, 0.25) is 13.1 Å². The van der Waals surface area contributed by atoms with Crippen molar-refractivity contribution in [1.82, 2.24) is 4.98 Å². The van der Waals surface area contributed by atoms with Crippen molar-refractivity contribution in [3.05, 3.63) is 24.0 Å². The molecule has 1 heterocycles. The van der Waals surface area contributed by atoms with E-state index in [-0.39, 0.29) is 11.5 Å². The van der Waals surface area contributed by atoms with Crippen LogP contribution in [0.5, 0.6) is 0 Å². The van der Waals surface area contributed by atoms with Crippen molar-refractivity contribution in [2.75, 3.05) is 0 Å². The molecule has 4 nitrogen and oxygen atoms in total. The summed E-state index contributed by atoms with van der Waals surface area (Å²) in [5.41, 5.74) is 1.24. The highest BCUT2D eigenvalue weighted by Gasteiger charge is 2.29. The van der Waals surface area contributed by atoms with Crippen LogP contribution in [-0.4, -0.2) is 31.2 Å². The van der Waals surface area contributed by atoms with Crippen LogP contribution >= 0.6 is 0 Å². The van der Waals surface area contributed by atoms with Crippen molar-refractivity contribution in [3.8, 4) is 0 Å². The minimum Gasteiger partial charge on any atom is -0.423 e. The van der Waals surface area contributed by atoms with E-state index in [1.54, 1.807) is 12.3 Å². The molecule has 1 aromatic heterocycles. The summed E-state index contributed by atoms with van der Waals surface area (Å²) >= 11 is 0. The van der Waals surface area contributed by atoms with Crippen LogP contribution in [0.1, 0.15) is 32.4 Å². The summed E-state index contributed by atoms with van der Waals surface area (Å²) in [7, 11) is -2.68. The molecule has 18 heavy (non-hydrogen) atoms. The van der Waals surface area contributed by atoms with Crippen LogP contribution in [0.15, 0.2) is 18.5 Å². The maximum Gasteiger partial charge on any atom is 0.490 e. The molecular weight excluding hydrogens is 245 g/mol. The van der Waals surface area contributed by atoms with Gasteiger partial charge < -0.3 is 14.5 Å². The van der Waals surface area contributed by atoms with Crippen molar-refractivity contribution in [2.24, 2.45) is 5.41 Å². The molecule has 0 aliphatic rings. The molecule has 1 atom stereocenters. The lowest BCUT2D eigenvalue weighted by molar-refractivity contribution is 0.0863. The van der Waals surface area contributed by atoms with Crippen LogP contribution in [0, 0.1) is 5.41 Å². The van der Waals surface area contributed by atoms with E-state index in [1.165, 1.54) is 6.20 Å². The van der Waals surface area contributed by atoms with Crippen LogP contribution < -0.4 is 5.46 Å². The largest absolute Gasteiger partial charge is 0.490 e. The molecule has 6 heteroatoms. The van der Waals surface area contributed by atoms with Gasteiger partial charge in [-0.1, -0.05) is 26.8 Å². The quantitative estimate of drug-likeness (QED) is 0.794. The fraction of sp³-hybridized carbons (Fsp3) is 0.583. The van der Waals surface area contributed by atoms with Crippen LogP contribution in [0.25, 0.3) is 0 Å². The predicted molar refractivity (Wildman–Crippen MR) is 76.2 cm³/mol. The number of aromatic nitrogens is 1. The van der Waals surface area contributed by atoms with E-state index >= 15 is 0 Å². The lowest BCUT2D eigenvalue weighted by atomic mass is 9.78. The van der Waals surface area contributed by atoms with Gasteiger partial charge in [-0.05, 0) is 24.1 Å². The first-order chi connectivity index (χ1) is 8.21. The lowest BCUT2D eigenvalue weighted by Gasteiger charge is -2.33. The van der Waals surface area contributed by atoms with Crippen LogP contribution in [0.4, 0.5) is 0 Å². The molecular formula is C12H22BNO3Si. The van der Waals surface area contributed by atoms with Gasteiger partial charge in [0.15, 0.2) is 9.04 Å².